The summed E-state index contributed by atoms with van der Waals surface area (Å²) in [6.45, 7) is 4.34. The number of rotatable bonds is 8. The molecule has 2 aliphatic carbocycles. The SMILES string of the molecule is C.CCCc1ccccc1OC(=S)N(C1CCCCC1)C1CCCCC1.CCCc1ccccc1OC(N)=S. The lowest BCUT2D eigenvalue weighted by Gasteiger charge is -2.42. The zero-order valence-corrected chi connectivity index (χ0v) is 25.0. The molecule has 2 N–H and O–H groups in total. The lowest BCUT2D eigenvalue weighted by Crippen LogP contribution is -2.49. The van der Waals surface area contributed by atoms with E-state index in [0.717, 1.165) is 47.9 Å². The third-order valence-corrected chi connectivity index (χ3v) is 7.92. The molecule has 2 saturated carbocycles. The lowest BCUT2D eigenvalue weighted by molar-refractivity contribution is 0.140. The van der Waals surface area contributed by atoms with Gasteiger partial charge in [-0.3, -0.25) is 0 Å². The van der Waals surface area contributed by atoms with E-state index in [2.05, 4.69) is 55.2 Å². The highest BCUT2D eigenvalue weighted by Gasteiger charge is 2.31. The molecule has 0 bridgehead atoms. The maximum Gasteiger partial charge on any atom is 0.265 e. The standard InChI is InChI=1S/C22H33NOS.C10H13NOS.CH4/c1-2-11-18-12-9-10-17-21(18)24-22(25)23(19-13-5-3-6-14-19)20-15-7-4-8-16-20;1-2-5-8-6-3-4-7-9(8)12-10(11)13;/h9-10,12,17,19-20H,2-8,11,13-16H2,1H3;3-4,6-7H,2,5H2,1H3,(H2,11,13);1H4. The van der Waals surface area contributed by atoms with E-state index in [9.17, 15) is 0 Å². The number of nitrogens with two attached hydrogens (primary N) is 1. The molecule has 2 aromatic rings. The highest BCUT2D eigenvalue weighted by atomic mass is 32.1. The number of benzene rings is 2. The van der Waals surface area contributed by atoms with Crippen LogP contribution in [0.1, 0.15) is 109 Å². The van der Waals surface area contributed by atoms with Crippen LogP contribution in [0.15, 0.2) is 48.5 Å². The topological polar surface area (TPSA) is 47.7 Å². The molecule has 4 nitrogen and oxygen atoms in total. The van der Waals surface area contributed by atoms with Gasteiger partial charge in [-0.1, -0.05) is 109 Å². The zero-order chi connectivity index (χ0) is 27.2. The molecular weight excluding hydrogens is 521 g/mol. The Kier molecular flexibility index (Phi) is 15.4. The summed E-state index contributed by atoms with van der Waals surface area (Å²) in [6, 6.07) is 17.4. The molecule has 2 aromatic carbocycles. The molecule has 0 aromatic heterocycles. The summed E-state index contributed by atoms with van der Waals surface area (Å²) in [5.41, 5.74) is 7.73. The van der Waals surface area contributed by atoms with Crippen LogP contribution in [-0.4, -0.2) is 27.3 Å². The van der Waals surface area contributed by atoms with Crippen molar-refractivity contribution < 1.29 is 9.47 Å². The van der Waals surface area contributed by atoms with Crippen molar-refractivity contribution in [2.24, 2.45) is 5.73 Å². The maximum atomic E-state index is 6.32. The summed E-state index contributed by atoms with van der Waals surface area (Å²) in [5.74, 6) is 1.74. The Balaban J connectivity index is 0.000000324. The summed E-state index contributed by atoms with van der Waals surface area (Å²) in [6.07, 6.45) is 17.4. The van der Waals surface area contributed by atoms with Crippen LogP contribution in [0.2, 0.25) is 0 Å². The number of aryl methyl sites for hydroxylation is 2. The van der Waals surface area contributed by atoms with E-state index in [1.165, 1.54) is 69.8 Å². The van der Waals surface area contributed by atoms with Crippen LogP contribution in [-0.2, 0) is 12.8 Å². The molecule has 0 aliphatic heterocycles. The van der Waals surface area contributed by atoms with E-state index in [0.29, 0.717) is 12.1 Å². The second-order valence-electron chi connectivity index (χ2n) is 10.5. The summed E-state index contributed by atoms with van der Waals surface area (Å²) in [5, 5.41) is 0.797. The Morgan fingerprint density at radius 1 is 0.718 bits per heavy atom. The molecule has 39 heavy (non-hydrogen) atoms. The number of nitrogens with zero attached hydrogens (tertiary/aromatic N) is 1. The van der Waals surface area contributed by atoms with Crippen LogP contribution in [0, 0.1) is 0 Å². The quantitative estimate of drug-likeness (QED) is 0.319. The van der Waals surface area contributed by atoms with Gasteiger partial charge in [0.25, 0.3) is 10.3 Å². The normalized spacial score (nSPS) is 15.7. The first-order valence-electron chi connectivity index (χ1n) is 14.7. The summed E-state index contributed by atoms with van der Waals surface area (Å²) in [7, 11) is 0. The highest BCUT2D eigenvalue weighted by molar-refractivity contribution is 7.80. The summed E-state index contributed by atoms with van der Waals surface area (Å²) < 4.78 is 11.5. The number of ether oxygens (including phenoxy) is 2. The Morgan fingerprint density at radius 2 is 1.13 bits per heavy atom. The van der Waals surface area contributed by atoms with E-state index in [-0.39, 0.29) is 12.6 Å². The molecule has 0 saturated heterocycles. The molecule has 0 heterocycles. The first-order chi connectivity index (χ1) is 18.5. The predicted molar refractivity (Wildman–Crippen MR) is 174 cm³/mol. The van der Waals surface area contributed by atoms with Gasteiger partial charge in [0.05, 0.1) is 0 Å². The Labute approximate surface area is 248 Å². The van der Waals surface area contributed by atoms with Crippen LogP contribution in [0.3, 0.4) is 0 Å². The molecule has 0 amide bonds. The van der Waals surface area contributed by atoms with Gasteiger partial charge in [-0.25, -0.2) is 0 Å². The molecule has 4 rings (SSSR count). The number of para-hydroxylation sites is 2. The smallest absolute Gasteiger partial charge is 0.265 e. The van der Waals surface area contributed by atoms with Gasteiger partial charge >= 0.3 is 0 Å². The first kappa shape index (κ1) is 33.0. The monoisotopic (exact) mass is 570 g/mol. The van der Waals surface area contributed by atoms with Crippen LogP contribution >= 0.6 is 24.4 Å². The fraction of sp³-hybridized carbons (Fsp3) is 0.576. The minimum atomic E-state index is 0. The van der Waals surface area contributed by atoms with Crippen molar-refractivity contribution in [3.8, 4) is 11.5 Å². The number of hydrogen-bond donors (Lipinski definition) is 1. The maximum absolute atomic E-state index is 6.32. The van der Waals surface area contributed by atoms with Crippen LogP contribution in [0.5, 0.6) is 11.5 Å². The molecule has 0 atom stereocenters. The van der Waals surface area contributed by atoms with Crippen LogP contribution in [0.4, 0.5) is 0 Å². The second-order valence-corrected chi connectivity index (χ2v) is 11.2. The van der Waals surface area contributed by atoms with Crippen molar-refractivity contribution in [2.45, 2.75) is 123 Å². The zero-order valence-electron chi connectivity index (χ0n) is 23.3. The van der Waals surface area contributed by atoms with Crippen molar-refractivity contribution in [1.29, 1.82) is 0 Å². The average molecular weight is 571 g/mol. The summed E-state index contributed by atoms with van der Waals surface area (Å²) >= 11 is 10.5. The van der Waals surface area contributed by atoms with Gasteiger partial charge in [0.2, 0.25) is 0 Å². The summed E-state index contributed by atoms with van der Waals surface area (Å²) in [4.78, 5) is 2.51. The molecule has 2 fully saturated rings. The molecule has 2 aliphatic rings. The third kappa shape index (κ3) is 10.7. The van der Waals surface area contributed by atoms with E-state index in [1.807, 2.05) is 24.3 Å². The Hall–Kier alpha value is -2.18. The van der Waals surface area contributed by atoms with Gasteiger partial charge < -0.3 is 20.1 Å². The largest absolute Gasteiger partial charge is 0.432 e. The minimum Gasteiger partial charge on any atom is -0.432 e. The van der Waals surface area contributed by atoms with Crippen molar-refractivity contribution in [2.75, 3.05) is 0 Å². The predicted octanol–water partition coefficient (Wildman–Crippen LogP) is 9.17. The molecule has 6 heteroatoms. The van der Waals surface area contributed by atoms with E-state index >= 15 is 0 Å². The van der Waals surface area contributed by atoms with E-state index in [1.54, 1.807) is 0 Å². The fourth-order valence-corrected chi connectivity index (χ4v) is 6.21. The number of thiocarbonyl (C=S) groups is 2. The highest BCUT2D eigenvalue weighted by Crippen LogP contribution is 2.32. The number of hydrogen-bond acceptors (Lipinski definition) is 4. The van der Waals surface area contributed by atoms with Crippen LogP contribution in [0.25, 0.3) is 0 Å². The Bertz CT molecular complexity index is 983. The van der Waals surface area contributed by atoms with E-state index in [4.69, 9.17) is 27.4 Å². The van der Waals surface area contributed by atoms with Crippen molar-refractivity contribution in [3.05, 3.63) is 59.7 Å². The molecule has 216 valence electrons. The lowest BCUT2D eigenvalue weighted by atomic mass is 9.89. The van der Waals surface area contributed by atoms with Gasteiger partial charge in [0.15, 0.2) is 0 Å². The second kappa shape index (κ2) is 18.2. The average Bonchev–Trinajstić information content (AvgIpc) is 2.93. The van der Waals surface area contributed by atoms with Gasteiger partial charge in [0.1, 0.15) is 11.5 Å². The van der Waals surface area contributed by atoms with Gasteiger partial charge in [-0.05, 0) is 86.2 Å². The van der Waals surface area contributed by atoms with Crippen molar-refractivity contribution in [1.82, 2.24) is 4.90 Å². The van der Waals surface area contributed by atoms with Gasteiger partial charge in [-0.2, -0.15) is 0 Å². The van der Waals surface area contributed by atoms with Crippen molar-refractivity contribution >= 4 is 34.8 Å². The van der Waals surface area contributed by atoms with Gasteiger partial charge in [-0.15, -0.1) is 0 Å². The first-order valence-corrected chi connectivity index (χ1v) is 15.5. The van der Waals surface area contributed by atoms with E-state index < -0.39 is 0 Å². The minimum absolute atomic E-state index is 0. The van der Waals surface area contributed by atoms with Gasteiger partial charge in [0, 0.05) is 12.1 Å². The van der Waals surface area contributed by atoms with Crippen molar-refractivity contribution in [3.63, 3.8) is 0 Å². The molecule has 0 radical (unpaired) electrons. The van der Waals surface area contributed by atoms with Crippen LogP contribution < -0.4 is 15.2 Å². The Morgan fingerprint density at radius 3 is 1.54 bits per heavy atom. The fourth-order valence-electron chi connectivity index (χ4n) is 5.73. The molecule has 0 spiro atoms. The molecule has 0 unspecified atom stereocenters. The molecular formula is C33H50N2O2S2. The third-order valence-electron chi connectivity index (χ3n) is 7.54.